The molecule has 0 aromatic heterocycles. The molecule has 0 atom stereocenters. The molecular formula is C45H94BrP. The van der Waals surface area contributed by atoms with E-state index in [0.29, 0.717) is 0 Å². The standard InChI is InChI=1S/C45H94BrP/c1-5-6-7-8-9-10-11-12-13-14-15-16-17-18-19-20-21-22-23-24-25-26-27-28-29-30-31-32-33-34-35-36-37-38-39-40-41-42-43-44-45-47(2,3,4)46/h5-45H2,1-4H3. The molecule has 0 heterocycles. The predicted molar refractivity (Wildman–Crippen MR) is 229 cm³/mol. The van der Waals surface area contributed by atoms with Gasteiger partial charge >= 0.3 is 118 Å². The van der Waals surface area contributed by atoms with Gasteiger partial charge in [0.1, 0.15) is 0 Å². The number of hydrogen-bond acceptors (Lipinski definition) is 0. The number of hydrogen-bond donors (Lipinski definition) is 0. The molecule has 0 nitrogen and oxygen atoms in total. The third kappa shape index (κ3) is 46.9. The Morgan fingerprint density at radius 3 is 0.489 bits per heavy atom. The van der Waals surface area contributed by atoms with Crippen molar-refractivity contribution in [3.05, 3.63) is 0 Å². The van der Waals surface area contributed by atoms with E-state index in [4.69, 9.17) is 0 Å². The third-order valence-electron chi connectivity index (χ3n) is 10.8. The van der Waals surface area contributed by atoms with Crippen LogP contribution >= 0.6 is 20.8 Å². The van der Waals surface area contributed by atoms with Gasteiger partial charge in [-0.3, -0.25) is 0 Å². The maximum atomic E-state index is 3.99. The van der Waals surface area contributed by atoms with Crippen molar-refractivity contribution >= 4 is 20.8 Å². The molecule has 0 amide bonds. The second-order valence-corrected chi connectivity index (χ2v) is 31.6. The molecule has 0 fully saturated rings. The summed E-state index contributed by atoms with van der Waals surface area (Å²) >= 11 is 3.99. The van der Waals surface area contributed by atoms with E-state index in [-0.39, 0.29) is 0 Å². The first-order valence-corrected chi connectivity index (χ1v) is 28.3. The van der Waals surface area contributed by atoms with Crippen LogP contribution in [0.2, 0.25) is 0 Å². The van der Waals surface area contributed by atoms with Gasteiger partial charge in [-0.05, 0) is 0 Å². The van der Waals surface area contributed by atoms with E-state index in [1.54, 1.807) is 0 Å². The minimum atomic E-state index is -1.43. The molecule has 0 bridgehead atoms. The number of unbranched alkanes of at least 4 members (excludes halogenated alkanes) is 39. The molecule has 0 aliphatic rings. The summed E-state index contributed by atoms with van der Waals surface area (Å²) in [6.45, 7) is 9.64. The van der Waals surface area contributed by atoms with Gasteiger partial charge in [0.2, 0.25) is 0 Å². The van der Waals surface area contributed by atoms with E-state index < -0.39 is 5.31 Å². The summed E-state index contributed by atoms with van der Waals surface area (Å²) in [5, 5.41) is -1.43. The van der Waals surface area contributed by atoms with Gasteiger partial charge in [0.15, 0.2) is 0 Å². The van der Waals surface area contributed by atoms with Gasteiger partial charge in [0.25, 0.3) is 0 Å². The third-order valence-corrected chi connectivity index (χ3v) is 13.7. The van der Waals surface area contributed by atoms with Crippen molar-refractivity contribution in [2.75, 3.05) is 26.2 Å². The Balaban J connectivity index is 3.07. The van der Waals surface area contributed by atoms with Gasteiger partial charge < -0.3 is 0 Å². The second-order valence-electron chi connectivity index (χ2n) is 17.4. The molecule has 0 rings (SSSR count). The van der Waals surface area contributed by atoms with Crippen LogP contribution in [0.3, 0.4) is 0 Å². The molecule has 0 radical (unpaired) electrons. The molecule has 0 aliphatic heterocycles. The van der Waals surface area contributed by atoms with Gasteiger partial charge in [0, 0.05) is 0 Å². The predicted octanol–water partition coefficient (Wildman–Crippen LogP) is 18.4. The second kappa shape index (κ2) is 36.7. The molecular weight excluding hydrogens is 651 g/mol. The summed E-state index contributed by atoms with van der Waals surface area (Å²) < 4.78 is 0. The van der Waals surface area contributed by atoms with Crippen LogP contribution in [0.15, 0.2) is 0 Å². The fourth-order valence-corrected chi connectivity index (χ4v) is 9.48. The molecule has 47 heavy (non-hydrogen) atoms. The van der Waals surface area contributed by atoms with Crippen molar-refractivity contribution in [2.45, 2.75) is 264 Å². The molecule has 286 valence electrons. The molecule has 0 spiro atoms. The Hall–Kier alpha value is 0.910. The maximum absolute atomic E-state index is 3.99. The van der Waals surface area contributed by atoms with Gasteiger partial charge in [-0.2, -0.15) is 0 Å². The Morgan fingerprint density at radius 2 is 0.362 bits per heavy atom. The fourth-order valence-electron chi connectivity index (χ4n) is 7.44. The minimum absolute atomic E-state index is 1.37. The Morgan fingerprint density at radius 1 is 0.234 bits per heavy atom. The molecule has 0 saturated heterocycles. The molecule has 0 aliphatic carbocycles. The average Bonchev–Trinajstić information content (AvgIpc) is 3.03. The zero-order valence-corrected chi connectivity index (χ0v) is 36.3. The first-order chi connectivity index (χ1) is 22.8. The van der Waals surface area contributed by atoms with Gasteiger partial charge in [-0.25, -0.2) is 0 Å². The van der Waals surface area contributed by atoms with E-state index in [1.165, 1.54) is 263 Å². The van der Waals surface area contributed by atoms with Crippen molar-refractivity contribution < 1.29 is 0 Å². The first kappa shape index (κ1) is 47.9. The quantitative estimate of drug-likeness (QED) is 0.0432. The van der Waals surface area contributed by atoms with Crippen LogP contribution < -0.4 is 0 Å². The Bertz CT molecular complexity index is 569. The summed E-state index contributed by atoms with van der Waals surface area (Å²) in [5.41, 5.74) is 0. The van der Waals surface area contributed by atoms with Crippen molar-refractivity contribution in [3.8, 4) is 0 Å². The topological polar surface area (TPSA) is 0 Å². The van der Waals surface area contributed by atoms with Gasteiger partial charge in [0.05, 0.1) is 0 Å². The van der Waals surface area contributed by atoms with Crippen molar-refractivity contribution in [1.82, 2.24) is 0 Å². The summed E-state index contributed by atoms with van der Waals surface area (Å²) in [6, 6.07) is 0. The monoisotopic (exact) mass is 745 g/mol. The zero-order chi connectivity index (χ0) is 34.4. The Labute approximate surface area is 309 Å². The van der Waals surface area contributed by atoms with E-state index in [2.05, 4.69) is 42.4 Å². The average molecular weight is 746 g/mol. The van der Waals surface area contributed by atoms with Crippen molar-refractivity contribution in [1.29, 1.82) is 0 Å². The van der Waals surface area contributed by atoms with E-state index in [0.717, 1.165) is 0 Å². The van der Waals surface area contributed by atoms with E-state index in [9.17, 15) is 0 Å². The van der Waals surface area contributed by atoms with Gasteiger partial charge in [-0.1, -0.05) is 193 Å². The van der Waals surface area contributed by atoms with Crippen LogP contribution in [0.5, 0.6) is 0 Å². The van der Waals surface area contributed by atoms with Crippen LogP contribution in [-0.2, 0) is 0 Å². The number of halogens is 1. The normalized spacial score (nSPS) is 12.9. The summed E-state index contributed by atoms with van der Waals surface area (Å²) in [5.74, 6) is 0. The van der Waals surface area contributed by atoms with Gasteiger partial charge in [-0.15, -0.1) is 0 Å². The van der Waals surface area contributed by atoms with E-state index in [1.807, 2.05) is 0 Å². The molecule has 0 N–H and O–H groups in total. The van der Waals surface area contributed by atoms with Crippen LogP contribution in [-0.4, -0.2) is 26.2 Å². The van der Waals surface area contributed by atoms with Crippen LogP contribution in [0.25, 0.3) is 0 Å². The first-order valence-electron chi connectivity index (χ1n) is 22.5. The van der Waals surface area contributed by atoms with Crippen LogP contribution in [0.4, 0.5) is 0 Å². The molecule has 0 aromatic rings. The van der Waals surface area contributed by atoms with Crippen LogP contribution in [0.1, 0.15) is 264 Å². The fraction of sp³-hybridized carbons (Fsp3) is 1.00. The van der Waals surface area contributed by atoms with Crippen molar-refractivity contribution in [2.24, 2.45) is 0 Å². The molecule has 0 saturated carbocycles. The van der Waals surface area contributed by atoms with E-state index >= 15 is 0 Å². The zero-order valence-electron chi connectivity index (χ0n) is 33.8. The number of rotatable bonds is 41. The summed E-state index contributed by atoms with van der Waals surface area (Å²) in [6.07, 6.45) is 60.7. The van der Waals surface area contributed by atoms with Crippen LogP contribution in [0, 0.1) is 0 Å². The molecule has 0 unspecified atom stereocenters. The SMILES string of the molecule is CCCCCCCCCCCCCCCCCCCCCCCCCCCCCCCCCCCCCCCCCCP(C)(C)(C)Br. The molecule has 2 heteroatoms. The summed E-state index contributed by atoms with van der Waals surface area (Å²) in [4.78, 5) is 0. The summed E-state index contributed by atoms with van der Waals surface area (Å²) in [7, 11) is 0. The molecule has 0 aromatic carbocycles. The Kier molecular flexibility index (Phi) is 37.4. The van der Waals surface area contributed by atoms with Crippen molar-refractivity contribution in [3.63, 3.8) is 0 Å².